The van der Waals surface area contributed by atoms with Crippen LogP contribution in [0.4, 0.5) is 0 Å². The van der Waals surface area contributed by atoms with Crippen molar-refractivity contribution in [2.24, 2.45) is 23.5 Å². The minimum atomic E-state index is -0.578. The molecule has 3 rings (SSSR count). The van der Waals surface area contributed by atoms with E-state index in [9.17, 15) is 4.79 Å². The Kier molecular flexibility index (Phi) is 11.1. The van der Waals surface area contributed by atoms with E-state index < -0.39 is 6.04 Å². The summed E-state index contributed by atoms with van der Waals surface area (Å²) in [5.41, 5.74) is 8.64. The van der Waals surface area contributed by atoms with E-state index in [1.54, 1.807) is 14.2 Å². The van der Waals surface area contributed by atoms with Crippen molar-refractivity contribution in [1.82, 2.24) is 4.90 Å². The summed E-state index contributed by atoms with van der Waals surface area (Å²) in [7, 11) is 3.34. The van der Waals surface area contributed by atoms with Crippen LogP contribution in [0.1, 0.15) is 57.7 Å². The second-order valence-electron chi connectivity index (χ2n) is 9.54. The Balaban J connectivity index is 0.00000256. The van der Waals surface area contributed by atoms with Crippen LogP contribution in [0.3, 0.4) is 0 Å². The maximum Gasteiger partial charge on any atom is 0.323 e. The van der Waals surface area contributed by atoms with Gasteiger partial charge in [-0.2, -0.15) is 0 Å². The van der Waals surface area contributed by atoms with E-state index in [2.05, 4.69) is 30.9 Å². The highest BCUT2D eigenvalue weighted by atomic mass is 35.5. The third-order valence-electron chi connectivity index (χ3n) is 6.60. The summed E-state index contributed by atoms with van der Waals surface area (Å²) in [6, 6.07) is 3.84. The van der Waals surface area contributed by atoms with Gasteiger partial charge in [-0.05, 0) is 47.9 Å². The molecular formula is C24H40Cl2N2O4. The van der Waals surface area contributed by atoms with E-state index in [-0.39, 0.29) is 48.8 Å². The summed E-state index contributed by atoms with van der Waals surface area (Å²) >= 11 is 0. The quantitative estimate of drug-likeness (QED) is 0.570. The average Bonchev–Trinajstić information content (AvgIpc) is 2.71. The number of nitrogens with two attached hydrogens (primary N) is 1. The Bertz CT molecular complexity index is 760. The predicted octanol–water partition coefficient (Wildman–Crippen LogP) is 4.41. The van der Waals surface area contributed by atoms with Crippen molar-refractivity contribution in [3.05, 3.63) is 23.3 Å². The van der Waals surface area contributed by atoms with Crippen LogP contribution in [0.15, 0.2) is 12.1 Å². The van der Waals surface area contributed by atoms with E-state index in [1.165, 1.54) is 11.1 Å². The second-order valence-corrected chi connectivity index (χ2v) is 9.54. The summed E-state index contributed by atoms with van der Waals surface area (Å²) in [6.07, 6.45) is 2.70. The third kappa shape index (κ3) is 6.22. The van der Waals surface area contributed by atoms with Gasteiger partial charge >= 0.3 is 5.97 Å². The largest absolute Gasteiger partial charge is 0.493 e. The number of carbonyl (C=O) groups excluding carboxylic acids is 1. The van der Waals surface area contributed by atoms with Crippen molar-refractivity contribution in [3.8, 4) is 11.5 Å². The molecule has 0 spiro atoms. The summed E-state index contributed by atoms with van der Waals surface area (Å²) in [6.45, 7) is 10.3. The molecule has 6 nitrogen and oxygen atoms in total. The van der Waals surface area contributed by atoms with E-state index in [4.69, 9.17) is 19.9 Å². The normalized spacial score (nSPS) is 23.3. The van der Waals surface area contributed by atoms with Gasteiger partial charge in [0.15, 0.2) is 11.5 Å². The Labute approximate surface area is 205 Å². The molecule has 0 unspecified atom stereocenters. The van der Waals surface area contributed by atoms with E-state index in [0.717, 1.165) is 43.9 Å². The Morgan fingerprint density at radius 3 is 2.31 bits per heavy atom. The first-order chi connectivity index (χ1) is 14.2. The molecule has 2 N–H and O–H groups in total. The van der Waals surface area contributed by atoms with Gasteiger partial charge in [0.25, 0.3) is 0 Å². The number of esters is 1. The first-order valence-corrected chi connectivity index (χ1v) is 11.2. The van der Waals surface area contributed by atoms with Crippen molar-refractivity contribution in [3.63, 3.8) is 0 Å². The van der Waals surface area contributed by atoms with Gasteiger partial charge in [-0.25, -0.2) is 0 Å². The van der Waals surface area contributed by atoms with Gasteiger partial charge in [0.05, 0.1) is 14.2 Å². The smallest absolute Gasteiger partial charge is 0.323 e. The van der Waals surface area contributed by atoms with E-state index in [1.807, 2.05) is 13.8 Å². The van der Waals surface area contributed by atoms with Crippen LogP contribution in [-0.4, -0.2) is 50.3 Å². The summed E-state index contributed by atoms with van der Waals surface area (Å²) in [5.74, 6) is 2.18. The molecule has 184 valence electrons. The molecule has 0 bridgehead atoms. The van der Waals surface area contributed by atoms with Crippen LogP contribution in [0, 0.1) is 17.8 Å². The zero-order valence-electron chi connectivity index (χ0n) is 20.1. The minimum absolute atomic E-state index is 0. The summed E-state index contributed by atoms with van der Waals surface area (Å²) in [4.78, 5) is 15.2. The molecule has 2 aliphatic heterocycles. The van der Waals surface area contributed by atoms with E-state index in [0.29, 0.717) is 11.8 Å². The molecule has 1 aromatic carbocycles. The topological polar surface area (TPSA) is 74.0 Å². The number of ether oxygens (including phenoxy) is 3. The lowest BCUT2D eigenvalue weighted by atomic mass is 9.79. The number of hydrogen-bond donors (Lipinski definition) is 1. The van der Waals surface area contributed by atoms with Gasteiger partial charge in [0, 0.05) is 31.5 Å². The molecule has 0 aromatic heterocycles. The monoisotopic (exact) mass is 490 g/mol. The molecule has 8 heteroatoms. The number of nitrogens with zero attached hydrogens (tertiary/aromatic N) is 1. The second kappa shape index (κ2) is 12.3. The number of rotatable bonds is 7. The molecule has 0 saturated carbocycles. The molecule has 2 aliphatic rings. The number of methoxy groups -OCH3 is 2. The molecule has 2 heterocycles. The molecule has 1 saturated heterocycles. The lowest BCUT2D eigenvalue weighted by Gasteiger charge is -2.47. The molecule has 0 amide bonds. The van der Waals surface area contributed by atoms with Crippen LogP contribution >= 0.6 is 24.8 Å². The van der Waals surface area contributed by atoms with Crippen molar-refractivity contribution in [2.45, 2.75) is 65.1 Å². The lowest BCUT2D eigenvalue weighted by Crippen LogP contribution is -2.51. The maximum absolute atomic E-state index is 12.7. The Morgan fingerprint density at radius 2 is 1.75 bits per heavy atom. The number of benzene rings is 1. The molecule has 1 fully saturated rings. The first-order valence-electron chi connectivity index (χ1n) is 11.2. The first kappa shape index (κ1) is 28.8. The van der Waals surface area contributed by atoms with Gasteiger partial charge < -0.3 is 19.9 Å². The Hall–Kier alpha value is -1.21. The summed E-state index contributed by atoms with van der Waals surface area (Å²) < 4.78 is 17.1. The molecule has 0 radical (unpaired) electrons. The fraction of sp³-hybridized carbons (Fsp3) is 0.708. The Morgan fingerprint density at radius 1 is 1.12 bits per heavy atom. The van der Waals surface area contributed by atoms with Crippen LogP contribution in [0.2, 0.25) is 0 Å². The molecular weight excluding hydrogens is 451 g/mol. The minimum Gasteiger partial charge on any atom is -0.493 e. The van der Waals surface area contributed by atoms with Gasteiger partial charge in [-0.15, -0.1) is 24.8 Å². The molecule has 32 heavy (non-hydrogen) atoms. The van der Waals surface area contributed by atoms with Gasteiger partial charge in [0.2, 0.25) is 0 Å². The average molecular weight is 492 g/mol. The fourth-order valence-electron chi connectivity index (χ4n) is 4.88. The predicted molar refractivity (Wildman–Crippen MR) is 132 cm³/mol. The number of halogens is 2. The molecule has 4 atom stereocenters. The third-order valence-corrected chi connectivity index (χ3v) is 6.60. The van der Waals surface area contributed by atoms with Crippen LogP contribution in [0.25, 0.3) is 0 Å². The van der Waals surface area contributed by atoms with E-state index >= 15 is 0 Å². The highest BCUT2D eigenvalue weighted by molar-refractivity contribution is 5.85. The number of carbonyl (C=O) groups is 1. The van der Waals surface area contributed by atoms with Gasteiger partial charge in [-0.3, -0.25) is 9.69 Å². The highest BCUT2D eigenvalue weighted by Gasteiger charge is 2.41. The zero-order valence-corrected chi connectivity index (χ0v) is 21.8. The van der Waals surface area contributed by atoms with Gasteiger partial charge in [0.1, 0.15) is 12.1 Å². The lowest BCUT2D eigenvalue weighted by molar-refractivity contribution is -0.160. The standard InChI is InChI=1S/C24H38N2O4.2ClH/c1-14(2)9-17-13-26-8-7-16-10-21(28-5)22(29-6)11-18(16)19(26)12-20(17)30-24(27)23(25)15(3)4;;/h10-11,14-15,17,19-20,23H,7-9,12-13,25H2,1-6H3;2*1H/t17-,19-,20+,23-;;/m1../s1. The zero-order chi connectivity index (χ0) is 22.0. The van der Waals surface area contributed by atoms with Crippen molar-refractivity contribution >= 4 is 30.8 Å². The van der Waals surface area contributed by atoms with Gasteiger partial charge in [-0.1, -0.05) is 27.7 Å². The molecule has 0 aliphatic carbocycles. The van der Waals surface area contributed by atoms with Crippen LogP contribution < -0.4 is 15.2 Å². The number of piperidine rings is 1. The van der Waals surface area contributed by atoms with Crippen LogP contribution in [-0.2, 0) is 16.0 Å². The van der Waals surface area contributed by atoms with Crippen molar-refractivity contribution in [2.75, 3.05) is 27.3 Å². The molecule has 1 aromatic rings. The van der Waals surface area contributed by atoms with Crippen LogP contribution in [0.5, 0.6) is 11.5 Å². The van der Waals surface area contributed by atoms with Crippen molar-refractivity contribution in [1.29, 1.82) is 0 Å². The van der Waals surface area contributed by atoms with Crippen molar-refractivity contribution < 1.29 is 19.0 Å². The maximum atomic E-state index is 12.7. The highest BCUT2D eigenvalue weighted by Crippen LogP contribution is 2.44. The fourth-order valence-corrected chi connectivity index (χ4v) is 4.88. The summed E-state index contributed by atoms with van der Waals surface area (Å²) in [5, 5.41) is 0. The number of hydrogen-bond acceptors (Lipinski definition) is 6. The SMILES string of the molecule is COc1cc2c(cc1OC)[C@H]1C[C@H](OC(=O)[C@H](N)C(C)C)[C@H](CC(C)C)CN1CC2.Cl.Cl. The number of fused-ring (bicyclic) bond motifs is 3.